The molecule has 2 nitrogen and oxygen atoms in total. The Balaban J connectivity index is 2.24. The minimum atomic E-state index is -0.0418. The van der Waals surface area contributed by atoms with E-state index in [1.54, 1.807) is 0 Å². The Morgan fingerprint density at radius 1 is 1.44 bits per heavy atom. The zero-order valence-electron chi connectivity index (χ0n) is 11.2. The average molecular weight is 268 g/mol. The van der Waals surface area contributed by atoms with E-state index in [0.29, 0.717) is 0 Å². The first-order valence-corrected chi connectivity index (χ1v) is 7.13. The Labute approximate surface area is 115 Å². The van der Waals surface area contributed by atoms with Crippen molar-refractivity contribution in [3.05, 3.63) is 34.9 Å². The lowest BCUT2D eigenvalue weighted by molar-refractivity contribution is -0.0997. The van der Waals surface area contributed by atoms with Crippen LogP contribution in [0.25, 0.3) is 0 Å². The summed E-state index contributed by atoms with van der Waals surface area (Å²) in [6.07, 6.45) is 4.62. The molecular weight excluding hydrogens is 246 g/mol. The number of rotatable bonds is 6. The molecule has 18 heavy (non-hydrogen) atoms. The fourth-order valence-corrected chi connectivity index (χ4v) is 2.92. The van der Waals surface area contributed by atoms with Gasteiger partial charge < -0.3 is 10.1 Å². The van der Waals surface area contributed by atoms with Crippen molar-refractivity contribution >= 4 is 11.6 Å². The summed E-state index contributed by atoms with van der Waals surface area (Å²) in [7, 11) is 1.82. The van der Waals surface area contributed by atoms with Gasteiger partial charge in [0.15, 0.2) is 0 Å². The van der Waals surface area contributed by atoms with E-state index in [0.717, 1.165) is 30.8 Å². The van der Waals surface area contributed by atoms with Gasteiger partial charge in [-0.25, -0.2) is 0 Å². The number of nitrogens with one attached hydrogen (secondary N) is 1. The quantitative estimate of drug-likeness (QED) is 0.843. The highest BCUT2D eigenvalue weighted by molar-refractivity contribution is 6.30. The largest absolute Gasteiger partial charge is 0.376 e. The smallest absolute Gasteiger partial charge is 0.0872 e. The minimum absolute atomic E-state index is 0.0418. The second-order valence-electron chi connectivity index (χ2n) is 5.06. The van der Waals surface area contributed by atoms with Gasteiger partial charge in [0.1, 0.15) is 0 Å². The molecule has 100 valence electrons. The molecule has 1 N–H and O–H groups in total. The monoisotopic (exact) mass is 267 g/mol. The Kier molecular flexibility index (Phi) is 4.66. The van der Waals surface area contributed by atoms with Crippen LogP contribution in [0.1, 0.15) is 44.2 Å². The summed E-state index contributed by atoms with van der Waals surface area (Å²) < 4.78 is 5.82. The van der Waals surface area contributed by atoms with Crippen LogP contribution in [0.2, 0.25) is 5.02 Å². The SMILES string of the molecule is CCCNC(c1cccc(Cl)c1)C1(OC)CCC1. The molecule has 0 aliphatic heterocycles. The fraction of sp³-hybridized carbons (Fsp3) is 0.600. The van der Waals surface area contributed by atoms with E-state index in [1.807, 2.05) is 25.3 Å². The fourth-order valence-electron chi connectivity index (χ4n) is 2.72. The van der Waals surface area contributed by atoms with E-state index in [4.69, 9.17) is 16.3 Å². The van der Waals surface area contributed by atoms with E-state index >= 15 is 0 Å². The summed E-state index contributed by atoms with van der Waals surface area (Å²) in [5.41, 5.74) is 1.19. The third kappa shape index (κ3) is 2.71. The topological polar surface area (TPSA) is 21.3 Å². The maximum atomic E-state index is 6.11. The molecular formula is C15H22ClNO. The van der Waals surface area contributed by atoms with Gasteiger partial charge in [-0.1, -0.05) is 30.7 Å². The summed E-state index contributed by atoms with van der Waals surface area (Å²) in [5, 5.41) is 4.42. The zero-order valence-corrected chi connectivity index (χ0v) is 12.0. The normalized spacial score (nSPS) is 19.3. The second kappa shape index (κ2) is 6.05. The summed E-state index contributed by atoms with van der Waals surface area (Å²) in [4.78, 5) is 0. The van der Waals surface area contributed by atoms with Gasteiger partial charge in [-0.05, 0) is 49.9 Å². The standard InChI is InChI=1S/C15H22ClNO/c1-3-10-17-14(15(18-2)8-5-9-15)12-6-4-7-13(16)11-12/h4,6-7,11,14,17H,3,5,8-10H2,1-2H3. The molecule has 1 fully saturated rings. The molecule has 0 saturated heterocycles. The highest BCUT2D eigenvalue weighted by atomic mass is 35.5. The average Bonchev–Trinajstić information content (AvgIpc) is 2.32. The Bertz CT molecular complexity index is 384. The van der Waals surface area contributed by atoms with E-state index in [-0.39, 0.29) is 11.6 Å². The Morgan fingerprint density at radius 3 is 2.72 bits per heavy atom. The van der Waals surface area contributed by atoms with Crippen LogP contribution in [0.15, 0.2) is 24.3 Å². The van der Waals surface area contributed by atoms with Gasteiger partial charge in [0, 0.05) is 12.1 Å². The van der Waals surface area contributed by atoms with Crippen molar-refractivity contribution in [3.8, 4) is 0 Å². The molecule has 1 aliphatic carbocycles. The first kappa shape index (κ1) is 13.9. The van der Waals surface area contributed by atoms with Crippen molar-refractivity contribution < 1.29 is 4.74 Å². The molecule has 0 heterocycles. The second-order valence-corrected chi connectivity index (χ2v) is 5.50. The van der Waals surface area contributed by atoms with Gasteiger partial charge in [-0.2, -0.15) is 0 Å². The maximum absolute atomic E-state index is 6.11. The van der Waals surface area contributed by atoms with Crippen LogP contribution in [0, 0.1) is 0 Å². The Morgan fingerprint density at radius 2 is 2.22 bits per heavy atom. The van der Waals surface area contributed by atoms with Crippen molar-refractivity contribution in [2.45, 2.75) is 44.2 Å². The first-order chi connectivity index (χ1) is 8.72. The first-order valence-electron chi connectivity index (χ1n) is 6.76. The van der Waals surface area contributed by atoms with E-state index in [9.17, 15) is 0 Å². The molecule has 1 saturated carbocycles. The number of benzene rings is 1. The number of methoxy groups -OCH3 is 1. The zero-order chi connectivity index (χ0) is 13.0. The third-order valence-corrected chi connectivity index (χ3v) is 4.15. The van der Waals surface area contributed by atoms with Gasteiger partial charge in [-0.3, -0.25) is 0 Å². The molecule has 1 unspecified atom stereocenters. The molecule has 0 amide bonds. The molecule has 2 rings (SSSR count). The van der Waals surface area contributed by atoms with Gasteiger partial charge in [0.25, 0.3) is 0 Å². The molecule has 3 heteroatoms. The van der Waals surface area contributed by atoms with Crippen LogP contribution in [0.5, 0.6) is 0 Å². The van der Waals surface area contributed by atoms with Crippen LogP contribution in [-0.4, -0.2) is 19.3 Å². The Hall–Kier alpha value is -0.570. The van der Waals surface area contributed by atoms with Gasteiger partial charge in [-0.15, -0.1) is 0 Å². The van der Waals surface area contributed by atoms with Crippen molar-refractivity contribution in [1.82, 2.24) is 5.32 Å². The molecule has 0 aromatic heterocycles. The van der Waals surface area contributed by atoms with E-state index in [1.165, 1.54) is 12.0 Å². The number of hydrogen-bond donors (Lipinski definition) is 1. The molecule has 1 aliphatic rings. The van der Waals surface area contributed by atoms with Crippen molar-refractivity contribution in [1.29, 1.82) is 0 Å². The van der Waals surface area contributed by atoms with E-state index < -0.39 is 0 Å². The molecule has 1 atom stereocenters. The number of halogens is 1. The summed E-state index contributed by atoms with van der Waals surface area (Å²) >= 11 is 6.11. The number of hydrogen-bond acceptors (Lipinski definition) is 2. The van der Waals surface area contributed by atoms with Crippen LogP contribution in [-0.2, 0) is 4.74 Å². The lowest BCUT2D eigenvalue weighted by Gasteiger charge is -2.47. The molecule has 0 radical (unpaired) electrons. The lowest BCUT2D eigenvalue weighted by Crippen LogP contribution is -2.50. The predicted octanol–water partition coefficient (Wildman–Crippen LogP) is 3.95. The van der Waals surface area contributed by atoms with Crippen molar-refractivity contribution in [2.75, 3.05) is 13.7 Å². The van der Waals surface area contributed by atoms with Crippen LogP contribution < -0.4 is 5.32 Å². The van der Waals surface area contributed by atoms with Crippen LogP contribution in [0.4, 0.5) is 0 Å². The van der Waals surface area contributed by atoms with Crippen LogP contribution >= 0.6 is 11.6 Å². The van der Waals surface area contributed by atoms with Crippen molar-refractivity contribution in [2.24, 2.45) is 0 Å². The summed E-state index contributed by atoms with van der Waals surface area (Å²) in [6, 6.07) is 8.37. The number of ether oxygens (including phenoxy) is 1. The van der Waals surface area contributed by atoms with Crippen molar-refractivity contribution in [3.63, 3.8) is 0 Å². The van der Waals surface area contributed by atoms with Gasteiger partial charge in [0.05, 0.1) is 11.6 Å². The summed E-state index contributed by atoms with van der Waals surface area (Å²) in [5.74, 6) is 0. The van der Waals surface area contributed by atoms with Crippen LogP contribution in [0.3, 0.4) is 0 Å². The molecule has 1 aromatic rings. The molecule has 0 bridgehead atoms. The van der Waals surface area contributed by atoms with Gasteiger partial charge in [0.2, 0.25) is 0 Å². The highest BCUT2D eigenvalue weighted by Gasteiger charge is 2.44. The molecule has 1 aromatic carbocycles. The minimum Gasteiger partial charge on any atom is -0.376 e. The molecule has 0 spiro atoms. The maximum Gasteiger partial charge on any atom is 0.0872 e. The van der Waals surface area contributed by atoms with Gasteiger partial charge >= 0.3 is 0 Å². The van der Waals surface area contributed by atoms with E-state index in [2.05, 4.69) is 18.3 Å². The third-order valence-electron chi connectivity index (χ3n) is 3.91. The highest BCUT2D eigenvalue weighted by Crippen LogP contribution is 2.45. The summed E-state index contributed by atoms with van der Waals surface area (Å²) in [6.45, 7) is 3.19. The lowest BCUT2D eigenvalue weighted by atomic mass is 9.72. The predicted molar refractivity (Wildman–Crippen MR) is 76.1 cm³/mol.